The third kappa shape index (κ3) is 7.74. The maximum atomic E-state index is 13.3. The fourth-order valence-corrected chi connectivity index (χ4v) is 5.36. The SMILES string of the molecule is COc1ccc(C(=O)n2cnc([C@@H]3O[C@H](COCc4ccccc4)[C@@H](OCc4ccccc4)[C@H]3OCc3ccccc3)c2)cc1. The summed E-state index contributed by atoms with van der Waals surface area (Å²) in [5, 5.41) is 0. The molecule has 8 nitrogen and oxygen atoms in total. The molecule has 0 unspecified atom stereocenters. The van der Waals surface area contributed by atoms with E-state index in [2.05, 4.69) is 4.98 Å². The molecule has 1 aliphatic rings. The molecule has 0 amide bonds. The van der Waals surface area contributed by atoms with Gasteiger partial charge in [-0.25, -0.2) is 4.98 Å². The topological polar surface area (TPSA) is 81.0 Å². The Morgan fingerprint density at radius 3 is 1.87 bits per heavy atom. The van der Waals surface area contributed by atoms with Crippen LogP contribution in [0.1, 0.15) is 38.8 Å². The first-order valence-corrected chi connectivity index (χ1v) is 15.0. The number of hydrogen-bond acceptors (Lipinski definition) is 7. The molecule has 5 aromatic rings. The summed E-state index contributed by atoms with van der Waals surface area (Å²) < 4.78 is 32.6. The molecule has 6 rings (SSSR count). The molecule has 1 fully saturated rings. The minimum Gasteiger partial charge on any atom is -0.497 e. The number of rotatable bonds is 13. The second-order valence-electron chi connectivity index (χ2n) is 10.9. The van der Waals surface area contributed by atoms with Crippen molar-refractivity contribution in [3.8, 4) is 5.75 Å². The van der Waals surface area contributed by atoms with Crippen LogP contribution >= 0.6 is 0 Å². The number of hydrogen-bond donors (Lipinski definition) is 0. The summed E-state index contributed by atoms with van der Waals surface area (Å²) >= 11 is 0. The molecule has 45 heavy (non-hydrogen) atoms. The Morgan fingerprint density at radius 2 is 1.29 bits per heavy atom. The molecular weight excluding hydrogens is 568 g/mol. The molecule has 0 saturated carbocycles. The van der Waals surface area contributed by atoms with Crippen LogP contribution in [0.4, 0.5) is 0 Å². The van der Waals surface area contributed by atoms with Crippen LogP contribution in [0.3, 0.4) is 0 Å². The Morgan fingerprint density at radius 1 is 0.733 bits per heavy atom. The Hall–Kier alpha value is -4.60. The summed E-state index contributed by atoms with van der Waals surface area (Å²) in [4.78, 5) is 17.9. The van der Waals surface area contributed by atoms with Crippen LogP contribution in [0, 0.1) is 0 Å². The first kappa shape index (κ1) is 30.4. The molecule has 0 aliphatic carbocycles. The largest absolute Gasteiger partial charge is 0.497 e. The number of imidazole rings is 1. The highest BCUT2D eigenvalue weighted by Crippen LogP contribution is 2.38. The lowest BCUT2D eigenvalue weighted by molar-refractivity contribution is -0.0898. The van der Waals surface area contributed by atoms with Crippen LogP contribution in [0.15, 0.2) is 128 Å². The lowest BCUT2D eigenvalue weighted by atomic mass is 10.0. The first-order chi connectivity index (χ1) is 22.2. The predicted molar refractivity (Wildman–Crippen MR) is 169 cm³/mol. The number of aromatic nitrogens is 2. The molecule has 0 bridgehead atoms. The molecule has 4 aromatic carbocycles. The normalized spacial score (nSPS) is 19.4. The van der Waals surface area contributed by atoms with Crippen molar-refractivity contribution in [3.63, 3.8) is 0 Å². The fourth-order valence-electron chi connectivity index (χ4n) is 5.36. The van der Waals surface area contributed by atoms with Gasteiger partial charge in [0, 0.05) is 11.8 Å². The molecule has 8 heteroatoms. The van der Waals surface area contributed by atoms with Gasteiger partial charge in [0.2, 0.25) is 0 Å². The third-order valence-corrected chi connectivity index (χ3v) is 7.74. The van der Waals surface area contributed by atoms with Crippen LogP contribution < -0.4 is 4.74 Å². The van der Waals surface area contributed by atoms with Crippen LogP contribution in [0.5, 0.6) is 5.75 Å². The van der Waals surface area contributed by atoms with E-state index in [1.54, 1.807) is 37.6 Å². The van der Waals surface area contributed by atoms with E-state index in [9.17, 15) is 4.79 Å². The third-order valence-electron chi connectivity index (χ3n) is 7.74. The summed E-state index contributed by atoms with van der Waals surface area (Å²) in [6.07, 6.45) is 1.21. The molecule has 4 atom stereocenters. The molecule has 1 aromatic heterocycles. The van der Waals surface area contributed by atoms with Gasteiger partial charge in [-0.05, 0) is 41.0 Å². The van der Waals surface area contributed by atoms with Crippen LogP contribution in [0.2, 0.25) is 0 Å². The van der Waals surface area contributed by atoms with Crippen LogP contribution in [-0.4, -0.2) is 47.5 Å². The molecule has 1 saturated heterocycles. The molecule has 0 N–H and O–H groups in total. The van der Waals surface area contributed by atoms with E-state index < -0.39 is 24.4 Å². The lowest BCUT2D eigenvalue weighted by Gasteiger charge is -2.25. The van der Waals surface area contributed by atoms with Crippen molar-refractivity contribution in [2.24, 2.45) is 0 Å². The van der Waals surface area contributed by atoms with E-state index in [4.69, 9.17) is 23.7 Å². The standard InChI is InChI=1S/C37H36N2O6/c1-41-31-19-17-30(18-20-31)37(40)39-21-32(38-26-39)34-36(44-24-29-15-9-4-10-16-29)35(43-23-28-13-7-3-8-14-28)33(45-34)25-42-22-27-11-5-2-6-12-27/h2-21,26,33-36H,22-25H2,1H3/t33-,34+,35-,36+/m1/s1. The zero-order valence-electron chi connectivity index (χ0n) is 25.1. The zero-order valence-corrected chi connectivity index (χ0v) is 25.1. The van der Waals surface area contributed by atoms with Crippen molar-refractivity contribution in [3.05, 3.63) is 156 Å². The summed E-state index contributed by atoms with van der Waals surface area (Å²) in [5.74, 6) is 0.466. The highest BCUT2D eigenvalue weighted by atomic mass is 16.6. The minimum atomic E-state index is -0.593. The Bertz CT molecular complexity index is 1630. The Kier molecular flexibility index (Phi) is 10.1. The van der Waals surface area contributed by atoms with E-state index in [0.29, 0.717) is 43.4 Å². The lowest BCUT2D eigenvalue weighted by Crippen LogP contribution is -2.37. The molecular formula is C37H36N2O6. The van der Waals surface area contributed by atoms with E-state index in [-0.39, 0.29) is 5.91 Å². The van der Waals surface area contributed by atoms with Crippen molar-refractivity contribution in [1.82, 2.24) is 9.55 Å². The number of carbonyl (C=O) groups excluding carboxylic acids is 1. The Balaban J connectivity index is 1.25. The van der Waals surface area contributed by atoms with Gasteiger partial charge >= 0.3 is 0 Å². The van der Waals surface area contributed by atoms with Gasteiger partial charge in [-0.15, -0.1) is 0 Å². The number of benzene rings is 4. The molecule has 0 spiro atoms. The van der Waals surface area contributed by atoms with Crippen molar-refractivity contribution in [1.29, 1.82) is 0 Å². The fraction of sp³-hybridized carbons (Fsp3) is 0.243. The molecule has 230 valence electrons. The highest BCUT2D eigenvalue weighted by molar-refractivity contribution is 5.96. The number of methoxy groups -OCH3 is 1. The second-order valence-corrected chi connectivity index (χ2v) is 10.9. The van der Waals surface area contributed by atoms with Gasteiger partial charge in [0.1, 0.15) is 36.5 Å². The molecule has 2 heterocycles. The summed E-state index contributed by atoms with van der Waals surface area (Å²) in [7, 11) is 1.59. The van der Waals surface area contributed by atoms with Crippen LogP contribution in [-0.2, 0) is 38.8 Å². The maximum Gasteiger partial charge on any atom is 0.263 e. The van der Waals surface area contributed by atoms with Gasteiger partial charge < -0.3 is 23.7 Å². The molecule has 0 radical (unpaired) electrons. The smallest absolute Gasteiger partial charge is 0.263 e. The maximum absolute atomic E-state index is 13.3. The van der Waals surface area contributed by atoms with Crippen molar-refractivity contribution in [2.45, 2.75) is 44.2 Å². The summed E-state index contributed by atoms with van der Waals surface area (Å²) in [5.41, 5.74) is 4.23. The average molecular weight is 605 g/mol. The van der Waals surface area contributed by atoms with Gasteiger partial charge in [-0.1, -0.05) is 91.0 Å². The van der Waals surface area contributed by atoms with Gasteiger partial charge in [-0.2, -0.15) is 0 Å². The van der Waals surface area contributed by atoms with Crippen LogP contribution in [0.25, 0.3) is 0 Å². The number of carbonyl (C=O) groups is 1. The highest BCUT2D eigenvalue weighted by Gasteiger charge is 2.48. The van der Waals surface area contributed by atoms with Gasteiger partial charge in [-0.3, -0.25) is 9.36 Å². The van der Waals surface area contributed by atoms with Gasteiger partial charge in [0.15, 0.2) is 0 Å². The quantitative estimate of drug-likeness (QED) is 0.154. The van der Waals surface area contributed by atoms with E-state index >= 15 is 0 Å². The van der Waals surface area contributed by atoms with E-state index in [1.807, 2.05) is 91.0 Å². The van der Waals surface area contributed by atoms with E-state index in [0.717, 1.165) is 16.7 Å². The van der Waals surface area contributed by atoms with Crippen molar-refractivity contribution < 1.29 is 28.5 Å². The minimum absolute atomic E-state index is 0.212. The average Bonchev–Trinajstić information content (AvgIpc) is 3.72. The second kappa shape index (κ2) is 14.9. The zero-order chi connectivity index (χ0) is 30.8. The first-order valence-electron chi connectivity index (χ1n) is 15.0. The Labute approximate surface area is 263 Å². The van der Waals surface area contributed by atoms with Crippen molar-refractivity contribution in [2.75, 3.05) is 13.7 Å². The van der Waals surface area contributed by atoms with Gasteiger partial charge in [0.25, 0.3) is 5.91 Å². The predicted octanol–water partition coefficient (Wildman–Crippen LogP) is 6.41. The monoisotopic (exact) mass is 604 g/mol. The summed E-state index contributed by atoms with van der Waals surface area (Å²) in [6, 6.07) is 37.0. The van der Waals surface area contributed by atoms with Gasteiger partial charge in [0.05, 0.1) is 39.2 Å². The molecule has 1 aliphatic heterocycles. The summed E-state index contributed by atoms with van der Waals surface area (Å²) in [6.45, 7) is 1.48. The van der Waals surface area contributed by atoms with Crippen molar-refractivity contribution >= 4 is 5.91 Å². The number of nitrogens with zero attached hydrogens (tertiary/aromatic N) is 2. The van der Waals surface area contributed by atoms with E-state index in [1.165, 1.54) is 10.9 Å². The number of ether oxygens (including phenoxy) is 5.